The Morgan fingerprint density at radius 1 is 1.71 bits per heavy atom. The second-order valence-electron chi connectivity index (χ2n) is 3.83. The second-order valence-corrected chi connectivity index (χ2v) is 3.83. The maximum atomic E-state index is 11.3. The number of β-amino-alcohol motifs (C(OH)–C–C–N with tert-alkyl or cyclic N) is 1. The molecule has 5 nitrogen and oxygen atoms in total. The van der Waals surface area contributed by atoms with Crippen LogP contribution in [0.1, 0.15) is 6.42 Å². The molecular weight excluding hydrogens is 184 g/mol. The Balaban J connectivity index is 2.38. The monoisotopic (exact) mass is 202 g/mol. The van der Waals surface area contributed by atoms with Gasteiger partial charge in [-0.1, -0.05) is 0 Å². The fourth-order valence-electron chi connectivity index (χ4n) is 1.63. The molecule has 0 radical (unpaired) electrons. The third-order valence-electron chi connectivity index (χ3n) is 2.45. The Labute approximate surface area is 84.0 Å². The van der Waals surface area contributed by atoms with Gasteiger partial charge in [-0.3, -0.25) is 4.79 Å². The van der Waals surface area contributed by atoms with Gasteiger partial charge in [-0.25, -0.2) is 0 Å². The summed E-state index contributed by atoms with van der Waals surface area (Å²) in [4.78, 5) is 12.9. The molecule has 1 amide bonds. The van der Waals surface area contributed by atoms with Crippen LogP contribution in [0.4, 0.5) is 0 Å². The highest BCUT2D eigenvalue weighted by molar-refractivity contribution is 5.77. The van der Waals surface area contributed by atoms with Gasteiger partial charge in [0.05, 0.1) is 12.1 Å². The van der Waals surface area contributed by atoms with E-state index in [-0.39, 0.29) is 12.5 Å². The number of likely N-dealkylation sites (N-methyl/N-ethyl adjacent to an activating group) is 1. The van der Waals surface area contributed by atoms with Crippen LogP contribution in [-0.2, 0) is 9.53 Å². The Morgan fingerprint density at radius 3 is 2.93 bits per heavy atom. The molecule has 0 aromatic carbocycles. The lowest BCUT2D eigenvalue weighted by atomic mass is 10.0. The summed E-state index contributed by atoms with van der Waals surface area (Å²) >= 11 is 0. The maximum absolute atomic E-state index is 11.3. The molecule has 1 unspecified atom stereocenters. The average molecular weight is 202 g/mol. The van der Waals surface area contributed by atoms with Gasteiger partial charge in [0.2, 0.25) is 5.91 Å². The zero-order chi connectivity index (χ0) is 10.6. The minimum atomic E-state index is -0.766. The largest absolute Gasteiger partial charge is 0.387 e. The number of carbonyl (C=O) groups excluding carboxylic acids is 1. The fraction of sp³-hybridized carbons (Fsp3) is 0.889. The smallest absolute Gasteiger partial charge is 0.248 e. The standard InChI is InChI=1S/C9H18N2O3/c1-11(8(12)5-14-2)7-9(13)3-4-10-6-9/h10,13H,3-7H2,1-2H3. The number of amides is 1. The van der Waals surface area contributed by atoms with Crippen LogP contribution in [0.3, 0.4) is 0 Å². The molecule has 1 fully saturated rings. The highest BCUT2D eigenvalue weighted by atomic mass is 16.5. The molecule has 1 aliphatic heterocycles. The van der Waals surface area contributed by atoms with Gasteiger partial charge in [-0.05, 0) is 13.0 Å². The molecule has 1 atom stereocenters. The highest BCUT2D eigenvalue weighted by Gasteiger charge is 2.33. The zero-order valence-corrected chi connectivity index (χ0v) is 8.75. The molecular formula is C9H18N2O3. The van der Waals surface area contributed by atoms with E-state index in [4.69, 9.17) is 4.74 Å². The summed E-state index contributed by atoms with van der Waals surface area (Å²) in [5.41, 5.74) is -0.766. The molecule has 0 saturated carbocycles. The van der Waals surface area contributed by atoms with E-state index in [0.29, 0.717) is 19.5 Å². The average Bonchev–Trinajstić information content (AvgIpc) is 2.52. The highest BCUT2D eigenvalue weighted by Crippen LogP contribution is 2.15. The van der Waals surface area contributed by atoms with Crippen LogP contribution >= 0.6 is 0 Å². The quantitative estimate of drug-likeness (QED) is 0.602. The minimum Gasteiger partial charge on any atom is -0.387 e. The first-order valence-electron chi connectivity index (χ1n) is 4.73. The first-order chi connectivity index (χ1) is 6.57. The van der Waals surface area contributed by atoms with Gasteiger partial charge in [0, 0.05) is 20.7 Å². The molecule has 0 aliphatic carbocycles. The summed E-state index contributed by atoms with van der Waals surface area (Å²) in [6.45, 7) is 1.79. The Kier molecular flexibility index (Phi) is 3.86. The number of aliphatic hydroxyl groups is 1. The lowest BCUT2D eigenvalue weighted by Gasteiger charge is -2.27. The first-order valence-corrected chi connectivity index (χ1v) is 4.73. The molecule has 0 aromatic heterocycles. The minimum absolute atomic E-state index is 0.0695. The number of ether oxygens (including phenoxy) is 1. The summed E-state index contributed by atoms with van der Waals surface area (Å²) < 4.78 is 4.73. The summed E-state index contributed by atoms with van der Waals surface area (Å²) in [5.74, 6) is -0.104. The molecule has 1 heterocycles. The molecule has 82 valence electrons. The van der Waals surface area contributed by atoms with Crippen molar-refractivity contribution in [1.82, 2.24) is 10.2 Å². The van der Waals surface area contributed by atoms with E-state index in [1.807, 2.05) is 0 Å². The van der Waals surface area contributed by atoms with Crippen LogP contribution in [-0.4, -0.2) is 61.9 Å². The van der Waals surface area contributed by atoms with Gasteiger partial charge in [0.15, 0.2) is 0 Å². The zero-order valence-electron chi connectivity index (χ0n) is 8.75. The molecule has 2 N–H and O–H groups in total. The number of rotatable bonds is 4. The molecule has 0 spiro atoms. The van der Waals surface area contributed by atoms with Crippen LogP contribution in [0.25, 0.3) is 0 Å². The van der Waals surface area contributed by atoms with Crippen LogP contribution in [0, 0.1) is 0 Å². The van der Waals surface area contributed by atoms with Gasteiger partial charge in [0.25, 0.3) is 0 Å². The van der Waals surface area contributed by atoms with Gasteiger partial charge >= 0.3 is 0 Å². The number of carbonyl (C=O) groups is 1. The van der Waals surface area contributed by atoms with E-state index < -0.39 is 5.60 Å². The summed E-state index contributed by atoms with van der Waals surface area (Å²) in [5, 5.41) is 13.1. The molecule has 5 heteroatoms. The maximum Gasteiger partial charge on any atom is 0.248 e. The Bertz CT molecular complexity index is 202. The topological polar surface area (TPSA) is 61.8 Å². The summed E-state index contributed by atoms with van der Waals surface area (Å²) in [7, 11) is 3.16. The molecule has 1 saturated heterocycles. The number of hydrogen-bond acceptors (Lipinski definition) is 4. The van der Waals surface area contributed by atoms with E-state index >= 15 is 0 Å². The van der Waals surface area contributed by atoms with Crippen molar-refractivity contribution in [2.24, 2.45) is 0 Å². The van der Waals surface area contributed by atoms with Gasteiger partial charge in [-0.2, -0.15) is 0 Å². The van der Waals surface area contributed by atoms with Gasteiger partial charge in [0.1, 0.15) is 6.61 Å². The summed E-state index contributed by atoms with van der Waals surface area (Å²) in [6.07, 6.45) is 0.692. The Hall–Kier alpha value is -0.650. The van der Waals surface area contributed by atoms with Crippen LogP contribution in [0.15, 0.2) is 0 Å². The van der Waals surface area contributed by atoms with E-state index in [2.05, 4.69) is 5.32 Å². The number of nitrogens with zero attached hydrogens (tertiary/aromatic N) is 1. The predicted octanol–water partition coefficient (Wildman–Crippen LogP) is -1.18. The van der Waals surface area contributed by atoms with Crippen molar-refractivity contribution in [2.45, 2.75) is 12.0 Å². The Morgan fingerprint density at radius 2 is 2.43 bits per heavy atom. The number of methoxy groups -OCH3 is 1. The van der Waals surface area contributed by atoms with Crippen LogP contribution < -0.4 is 5.32 Å². The molecule has 0 aromatic rings. The normalized spacial score (nSPS) is 26.5. The SMILES string of the molecule is COCC(=O)N(C)CC1(O)CCNC1. The number of nitrogens with one attached hydrogen (secondary N) is 1. The van der Waals surface area contributed by atoms with Crippen LogP contribution in [0.2, 0.25) is 0 Å². The van der Waals surface area contributed by atoms with Crippen molar-refractivity contribution in [1.29, 1.82) is 0 Å². The second kappa shape index (κ2) is 4.72. The summed E-state index contributed by atoms with van der Waals surface area (Å²) in [6, 6.07) is 0. The van der Waals surface area contributed by atoms with Crippen molar-refractivity contribution in [3.8, 4) is 0 Å². The predicted molar refractivity (Wildman–Crippen MR) is 51.9 cm³/mol. The van der Waals surface area contributed by atoms with Crippen molar-refractivity contribution in [3.05, 3.63) is 0 Å². The van der Waals surface area contributed by atoms with Crippen molar-refractivity contribution in [3.63, 3.8) is 0 Å². The molecule has 0 bridgehead atoms. The van der Waals surface area contributed by atoms with Crippen molar-refractivity contribution < 1.29 is 14.6 Å². The first kappa shape index (κ1) is 11.4. The molecule has 1 rings (SSSR count). The third kappa shape index (κ3) is 2.94. The van der Waals surface area contributed by atoms with Gasteiger partial charge < -0.3 is 20.1 Å². The van der Waals surface area contributed by atoms with Crippen LogP contribution in [0.5, 0.6) is 0 Å². The van der Waals surface area contributed by atoms with E-state index in [0.717, 1.165) is 6.54 Å². The van der Waals surface area contributed by atoms with E-state index in [9.17, 15) is 9.90 Å². The number of hydrogen-bond donors (Lipinski definition) is 2. The van der Waals surface area contributed by atoms with E-state index in [1.165, 1.54) is 12.0 Å². The fourth-order valence-corrected chi connectivity index (χ4v) is 1.63. The van der Waals surface area contributed by atoms with Crippen molar-refractivity contribution >= 4 is 5.91 Å². The van der Waals surface area contributed by atoms with E-state index in [1.54, 1.807) is 7.05 Å². The molecule has 1 aliphatic rings. The molecule has 14 heavy (non-hydrogen) atoms. The van der Waals surface area contributed by atoms with Crippen molar-refractivity contribution in [2.75, 3.05) is 40.4 Å². The third-order valence-corrected chi connectivity index (χ3v) is 2.45. The van der Waals surface area contributed by atoms with Gasteiger partial charge in [-0.15, -0.1) is 0 Å². The lowest BCUT2D eigenvalue weighted by Crippen LogP contribution is -2.46. The lowest BCUT2D eigenvalue weighted by molar-refractivity contribution is -0.136.